The second-order valence-corrected chi connectivity index (χ2v) is 8.92. The van der Waals surface area contributed by atoms with Crippen LogP contribution in [0.5, 0.6) is 0 Å². The van der Waals surface area contributed by atoms with E-state index in [4.69, 9.17) is 5.73 Å². The Morgan fingerprint density at radius 1 is 1.21 bits per heavy atom. The number of hydrogen-bond acceptors (Lipinski definition) is 5. The van der Waals surface area contributed by atoms with E-state index in [1.54, 1.807) is 0 Å². The highest BCUT2D eigenvalue weighted by Gasteiger charge is 2.29. The third-order valence-electron chi connectivity index (χ3n) is 5.44. The molecular formula is C21H37N5O3. The van der Waals surface area contributed by atoms with E-state index in [9.17, 15) is 14.4 Å². The molecule has 0 bridgehead atoms. The van der Waals surface area contributed by atoms with Crippen LogP contribution < -0.4 is 21.9 Å². The lowest BCUT2D eigenvalue weighted by Gasteiger charge is -2.36. The van der Waals surface area contributed by atoms with Crippen LogP contribution in [0.15, 0.2) is 9.59 Å². The molecule has 2 heterocycles. The maximum Gasteiger partial charge on any atom is 0.330 e. The zero-order valence-corrected chi connectivity index (χ0v) is 18.5. The van der Waals surface area contributed by atoms with Crippen LogP contribution in [-0.4, -0.2) is 46.0 Å². The van der Waals surface area contributed by atoms with Crippen LogP contribution in [0.25, 0.3) is 0 Å². The first kappa shape index (κ1) is 23.2. The zero-order valence-electron chi connectivity index (χ0n) is 18.5. The van der Waals surface area contributed by atoms with Crippen molar-refractivity contribution in [2.75, 3.05) is 30.3 Å². The van der Waals surface area contributed by atoms with Gasteiger partial charge in [-0.05, 0) is 37.6 Å². The summed E-state index contributed by atoms with van der Waals surface area (Å²) >= 11 is 0. The third-order valence-corrected chi connectivity index (χ3v) is 5.44. The van der Waals surface area contributed by atoms with E-state index in [-0.39, 0.29) is 35.8 Å². The van der Waals surface area contributed by atoms with E-state index in [1.807, 2.05) is 27.7 Å². The number of carbonyl (C=O) groups is 1. The lowest BCUT2D eigenvalue weighted by Crippen LogP contribution is -2.49. The highest BCUT2D eigenvalue weighted by molar-refractivity contribution is 5.96. The summed E-state index contributed by atoms with van der Waals surface area (Å²) in [6.45, 7) is 12.0. The Labute approximate surface area is 173 Å². The van der Waals surface area contributed by atoms with Crippen LogP contribution >= 0.6 is 0 Å². The summed E-state index contributed by atoms with van der Waals surface area (Å²) in [5.74, 6) is 0.228. The lowest BCUT2D eigenvalue weighted by atomic mass is 10.00. The number of rotatable bonds is 8. The molecule has 1 atom stereocenters. The van der Waals surface area contributed by atoms with E-state index in [0.717, 1.165) is 25.8 Å². The average Bonchev–Trinajstić information content (AvgIpc) is 2.64. The van der Waals surface area contributed by atoms with Crippen molar-refractivity contribution >= 4 is 17.4 Å². The number of H-pyrrole nitrogens is 1. The number of nitrogens with one attached hydrogen (secondary N) is 1. The Balaban J connectivity index is 2.43. The van der Waals surface area contributed by atoms with E-state index in [2.05, 4.69) is 16.8 Å². The highest BCUT2D eigenvalue weighted by Crippen LogP contribution is 2.22. The summed E-state index contributed by atoms with van der Waals surface area (Å²) in [5, 5.41) is 0. The van der Waals surface area contributed by atoms with Crippen LogP contribution in [0, 0.1) is 11.8 Å². The van der Waals surface area contributed by atoms with Crippen LogP contribution in [-0.2, 0) is 11.3 Å². The molecule has 1 saturated heterocycles. The number of hydrogen-bond donors (Lipinski definition) is 2. The first-order valence-corrected chi connectivity index (χ1v) is 10.8. The first-order chi connectivity index (χ1) is 13.6. The second-order valence-electron chi connectivity index (χ2n) is 8.92. The number of nitrogens with zero attached hydrogens (tertiary/aromatic N) is 3. The molecule has 0 aromatic carbocycles. The number of nitrogen functional groups attached to an aromatic ring is 1. The quantitative estimate of drug-likeness (QED) is 0.686. The molecule has 0 spiro atoms. The first-order valence-electron chi connectivity index (χ1n) is 10.8. The number of amides is 1. The Morgan fingerprint density at radius 3 is 2.48 bits per heavy atom. The molecule has 0 saturated carbocycles. The van der Waals surface area contributed by atoms with Gasteiger partial charge in [0.05, 0.1) is 6.54 Å². The number of nitrogens with two attached hydrogens (primary N) is 1. The molecule has 2 rings (SSSR count). The number of aromatic amines is 1. The van der Waals surface area contributed by atoms with Crippen molar-refractivity contribution in [1.29, 1.82) is 0 Å². The lowest BCUT2D eigenvalue weighted by molar-refractivity contribution is -0.120. The topological polar surface area (TPSA) is 104 Å². The van der Waals surface area contributed by atoms with Gasteiger partial charge < -0.3 is 10.6 Å². The SMILES string of the molecule is CCC1CCCCN1CC(=O)N(CC(C)C)c1c(N)n(CC(C)C)c(=O)[nH]c1=O. The number of carbonyl (C=O) groups excluding carboxylic acids is 1. The Bertz CT molecular complexity index is 812. The van der Waals surface area contributed by atoms with Crippen LogP contribution in [0.2, 0.25) is 0 Å². The van der Waals surface area contributed by atoms with Crippen molar-refractivity contribution in [1.82, 2.24) is 14.5 Å². The highest BCUT2D eigenvalue weighted by atomic mass is 16.2. The molecule has 8 heteroatoms. The van der Waals surface area contributed by atoms with E-state index in [0.29, 0.717) is 19.1 Å². The van der Waals surface area contributed by atoms with Gasteiger partial charge in [0.2, 0.25) is 5.91 Å². The van der Waals surface area contributed by atoms with Crippen LogP contribution in [0.4, 0.5) is 11.5 Å². The number of aromatic nitrogens is 2. The molecule has 0 aliphatic carbocycles. The van der Waals surface area contributed by atoms with Gasteiger partial charge in [0.15, 0.2) is 5.69 Å². The molecule has 8 nitrogen and oxygen atoms in total. The minimum Gasteiger partial charge on any atom is -0.383 e. The second kappa shape index (κ2) is 10.1. The van der Waals surface area contributed by atoms with Gasteiger partial charge >= 0.3 is 5.69 Å². The van der Waals surface area contributed by atoms with Crippen LogP contribution in [0.3, 0.4) is 0 Å². The van der Waals surface area contributed by atoms with Gasteiger partial charge in [-0.1, -0.05) is 41.0 Å². The zero-order chi connectivity index (χ0) is 21.7. The van der Waals surface area contributed by atoms with Crippen molar-refractivity contribution in [3.8, 4) is 0 Å². The predicted octanol–water partition coefficient (Wildman–Crippen LogP) is 2.03. The molecule has 1 aromatic rings. The number of anilines is 2. The summed E-state index contributed by atoms with van der Waals surface area (Å²) in [6, 6.07) is 0.388. The maximum atomic E-state index is 13.3. The van der Waals surface area contributed by atoms with E-state index in [1.165, 1.54) is 15.9 Å². The maximum absolute atomic E-state index is 13.3. The molecule has 3 N–H and O–H groups in total. The fourth-order valence-corrected chi connectivity index (χ4v) is 4.06. The molecular weight excluding hydrogens is 370 g/mol. The van der Waals surface area contributed by atoms with Crippen molar-refractivity contribution in [2.45, 2.75) is 72.9 Å². The van der Waals surface area contributed by atoms with Gasteiger partial charge in [-0.25, -0.2) is 4.79 Å². The van der Waals surface area contributed by atoms with Gasteiger partial charge in [-0.3, -0.25) is 24.0 Å². The monoisotopic (exact) mass is 407 g/mol. The summed E-state index contributed by atoms with van der Waals surface area (Å²) in [6.07, 6.45) is 4.36. The Morgan fingerprint density at radius 2 is 1.90 bits per heavy atom. The molecule has 0 radical (unpaired) electrons. The smallest absolute Gasteiger partial charge is 0.330 e. The predicted molar refractivity (Wildman–Crippen MR) is 117 cm³/mol. The standard InChI is InChI=1S/C21H37N5O3/c1-6-16-9-7-8-10-24(16)13-17(27)25(11-14(2)3)18-19(22)26(12-15(4)5)21(29)23-20(18)28/h14-16H,6-13,22H2,1-5H3,(H,23,28,29). The fraction of sp³-hybridized carbons (Fsp3) is 0.762. The van der Waals surface area contributed by atoms with Crippen molar-refractivity contribution < 1.29 is 4.79 Å². The van der Waals surface area contributed by atoms with Gasteiger partial charge in [0.1, 0.15) is 5.82 Å². The van der Waals surface area contributed by atoms with Crippen molar-refractivity contribution in [3.05, 3.63) is 20.8 Å². The molecule has 164 valence electrons. The summed E-state index contributed by atoms with van der Waals surface area (Å²) < 4.78 is 1.36. The van der Waals surface area contributed by atoms with Gasteiger partial charge in [-0.15, -0.1) is 0 Å². The molecule has 1 fully saturated rings. The molecule has 29 heavy (non-hydrogen) atoms. The molecule has 1 unspecified atom stereocenters. The van der Waals surface area contributed by atoms with Crippen molar-refractivity contribution in [2.24, 2.45) is 11.8 Å². The number of likely N-dealkylation sites (tertiary alicyclic amines) is 1. The molecule has 1 aliphatic heterocycles. The molecule has 1 aromatic heterocycles. The summed E-state index contributed by atoms with van der Waals surface area (Å²) in [7, 11) is 0. The minimum atomic E-state index is -0.604. The van der Waals surface area contributed by atoms with Crippen LogP contribution in [0.1, 0.15) is 60.3 Å². The normalized spacial score (nSPS) is 17.8. The number of piperidine rings is 1. The summed E-state index contributed by atoms with van der Waals surface area (Å²) in [4.78, 5) is 44.3. The Hall–Kier alpha value is -2.09. The van der Waals surface area contributed by atoms with Crippen molar-refractivity contribution in [3.63, 3.8) is 0 Å². The third kappa shape index (κ3) is 5.72. The van der Waals surface area contributed by atoms with E-state index < -0.39 is 11.2 Å². The van der Waals surface area contributed by atoms with E-state index >= 15 is 0 Å². The van der Waals surface area contributed by atoms with Gasteiger partial charge in [0, 0.05) is 19.1 Å². The van der Waals surface area contributed by atoms with Gasteiger partial charge in [-0.2, -0.15) is 0 Å². The minimum absolute atomic E-state index is 0.0622. The Kier molecular flexibility index (Phi) is 8.07. The van der Waals surface area contributed by atoms with Gasteiger partial charge in [0.25, 0.3) is 5.56 Å². The largest absolute Gasteiger partial charge is 0.383 e. The summed E-state index contributed by atoms with van der Waals surface area (Å²) in [5.41, 5.74) is 5.22. The average molecular weight is 408 g/mol. The fourth-order valence-electron chi connectivity index (χ4n) is 4.06. The molecule has 1 aliphatic rings. The molecule has 1 amide bonds.